The molecular formula is C17H13BrFN5O2. The summed E-state index contributed by atoms with van der Waals surface area (Å²) >= 11 is 3.35. The van der Waals surface area contributed by atoms with Crippen LogP contribution in [-0.4, -0.2) is 14.9 Å². The Morgan fingerprint density at radius 1 is 1.12 bits per heavy atom. The molecule has 0 bridgehead atoms. The molecule has 3 rings (SSSR count). The molecule has 0 aliphatic heterocycles. The van der Waals surface area contributed by atoms with E-state index in [0.29, 0.717) is 5.69 Å². The summed E-state index contributed by atoms with van der Waals surface area (Å²) in [6.07, 6.45) is 1.24. The normalized spacial score (nSPS) is 10.4. The van der Waals surface area contributed by atoms with Crippen molar-refractivity contribution < 1.29 is 9.31 Å². The van der Waals surface area contributed by atoms with Crippen molar-refractivity contribution in [3.63, 3.8) is 0 Å². The van der Waals surface area contributed by atoms with Crippen molar-refractivity contribution in [3.05, 3.63) is 80.8 Å². The SMILES string of the molecule is O=[N+]([O-])c1c(NCc2ccc(F)cc2)ncnc1Nc1cccc(Br)c1. The Morgan fingerprint density at radius 3 is 2.54 bits per heavy atom. The molecule has 0 radical (unpaired) electrons. The van der Waals surface area contributed by atoms with E-state index in [-0.39, 0.29) is 29.7 Å². The molecule has 2 N–H and O–H groups in total. The van der Waals surface area contributed by atoms with Crippen molar-refractivity contribution in [2.24, 2.45) is 0 Å². The smallest absolute Gasteiger partial charge is 0.353 e. The number of nitrogens with zero attached hydrogens (tertiary/aromatic N) is 3. The summed E-state index contributed by atoms with van der Waals surface area (Å²) < 4.78 is 13.8. The van der Waals surface area contributed by atoms with E-state index < -0.39 is 4.92 Å². The molecule has 2 aromatic carbocycles. The molecule has 0 unspecified atom stereocenters. The molecule has 7 nitrogen and oxygen atoms in total. The minimum Gasteiger partial charge on any atom is -0.360 e. The van der Waals surface area contributed by atoms with Crippen LogP contribution >= 0.6 is 15.9 Å². The van der Waals surface area contributed by atoms with Crippen molar-refractivity contribution in [1.82, 2.24) is 9.97 Å². The molecule has 0 saturated heterocycles. The number of rotatable bonds is 6. The fraction of sp³-hybridized carbons (Fsp3) is 0.0588. The third-order valence-corrected chi connectivity index (χ3v) is 3.96. The molecule has 0 spiro atoms. The van der Waals surface area contributed by atoms with E-state index in [0.717, 1.165) is 10.0 Å². The van der Waals surface area contributed by atoms with Crippen LogP contribution in [0.1, 0.15) is 5.56 Å². The van der Waals surface area contributed by atoms with Gasteiger partial charge in [-0.05, 0) is 35.9 Å². The standard InChI is InChI=1S/C17H13BrFN5O2/c18-12-2-1-3-14(8-12)23-17-15(24(25)26)16(21-10-22-17)20-9-11-4-6-13(19)7-5-11/h1-8,10H,9H2,(H2,20,21,22,23). The molecule has 3 aromatic rings. The summed E-state index contributed by atoms with van der Waals surface area (Å²) in [6.45, 7) is 0.258. The van der Waals surface area contributed by atoms with Crippen molar-refractivity contribution in [2.45, 2.75) is 6.54 Å². The zero-order valence-corrected chi connectivity index (χ0v) is 14.9. The number of benzene rings is 2. The summed E-state index contributed by atoms with van der Waals surface area (Å²) in [5.74, 6) is -0.196. The lowest BCUT2D eigenvalue weighted by Crippen LogP contribution is -2.08. The van der Waals surface area contributed by atoms with E-state index in [4.69, 9.17) is 0 Å². The first kappa shape index (κ1) is 17.7. The number of anilines is 3. The first-order valence-electron chi connectivity index (χ1n) is 7.53. The Kier molecular flexibility index (Phi) is 5.37. The van der Waals surface area contributed by atoms with E-state index in [1.165, 1.54) is 18.5 Å². The van der Waals surface area contributed by atoms with Crippen LogP contribution in [-0.2, 0) is 6.54 Å². The maximum absolute atomic E-state index is 13.0. The van der Waals surface area contributed by atoms with Gasteiger partial charge in [0.1, 0.15) is 12.1 Å². The van der Waals surface area contributed by atoms with Gasteiger partial charge in [-0.2, -0.15) is 0 Å². The fourth-order valence-electron chi connectivity index (χ4n) is 2.26. The van der Waals surface area contributed by atoms with Gasteiger partial charge in [0, 0.05) is 16.7 Å². The zero-order chi connectivity index (χ0) is 18.5. The van der Waals surface area contributed by atoms with Crippen LogP contribution in [0.15, 0.2) is 59.3 Å². The molecule has 1 aromatic heterocycles. The number of hydrogen-bond acceptors (Lipinski definition) is 6. The molecule has 0 saturated carbocycles. The van der Waals surface area contributed by atoms with Crippen LogP contribution in [0.3, 0.4) is 0 Å². The summed E-state index contributed by atoms with van der Waals surface area (Å²) in [5, 5.41) is 17.4. The Balaban J connectivity index is 1.85. The highest BCUT2D eigenvalue weighted by Gasteiger charge is 2.23. The summed E-state index contributed by atoms with van der Waals surface area (Å²) in [4.78, 5) is 18.9. The van der Waals surface area contributed by atoms with Gasteiger partial charge in [-0.25, -0.2) is 14.4 Å². The highest BCUT2D eigenvalue weighted by Crippen LogP contribution is 2.31. The Hall–Kier alpha value is -3.07. The monoisotopic (exact) mass is 417 g/mol. The maximum atomic E-state index is 13.0. The van der Waals surface area contributed by atoms with Gasteiger partial charge in [-0.1, -0.05) is 34.1 Å². The van der Waals surface area contributed by atoms with Crippen LogP contribution in [0, 0.1) is 15.9 Å². The maximum Gasteiger partial charge on any atom is 0.353 e. The van der Waals surface area contributed by atoms with Gasteiger partial charge in [0.25, 0.3) is 0 Å². The minimum absolute atomic E-state index is 0.0738. The van der Waals surface area contributed by atoms with Crippen LogP contribution < -0.4 is 10.6 Å². The summed E-state index contributed by atoms with van der Waals surface area (Å²) in [7, 11) is 0. The topological polar surface area (TPSA) is 93.0 Å². The molecule has 0 aliphatic carbocycles. The lowest BCUT2D eigenvalue weighted by molar-refractivity contribution is -0.383. The summed E-state index contributed by atoms with van der Waals surface area (Å²) in [5.41, 5.74) is 1.14. The highest BCUT2D eigenvalue weighted by atomic mass is 79.9. The second kappa shape index (κ2) is 7.87. The van der Waals surface area contributed by atoms with Gasteiger partial charge in [0.2, 0.25) is 11.6 Å². The summed E-state index contributed by atoms with van der Waals surface area (Å²) in [6, 6.07) is 13.0. The third-order valence-electron chi connectivity index (χ3n) is 3.47. The fourth-order valence-corrected chi connectivity index (χ4v) is 2.66. The lowest BCUT2D eigenvalue weighted by atomic mass is 10.2. The first-order valence-corrected chi connectivity index (χ1v) is 8.32. The Labute approximate surface area is 156 Å². The quantitative estimate of drug-likeness (QED) is 0.448. The zero-order valence-electron chi connectivity index (χ0n) is 13.3. The minimum atomic E-state index is -0.548. The van der Waals surface area contributed by atoms with Gasteiger partial charge >= 0.3 is 5.69 Å². The third kappa shape index (κ3) is 4.31. The van der Waals surface area contributed by atoms with Crippen molar-refractivity contribution in [2.75, 3.05) is 10.6 Å². The van der Waals surface area contributed by atoms with E-state index in [9.17, 15) is 14.5 Å². The van der Waals surface area contributed by atoms with Gasteiger partial charge < -0.3 is 10.6 Å². The molecule has 0 atom stereocenters. The predicted octanol–water partition coefficient (Wildman–Crippen LogP) is 4.64. The van der Waals surface area contributed by atoms with Crippen LogP contribution in [0.2, 0.25) is 0 Å². The molecule has 132 valence electrons. The number of halogens is 2. The van der Waals surface area contributed by atoms with Crippen LogP contribution in [0.25, 0.3) is 0 Å². The van der Waals surface area contributed by atoms with Gasteiger partial charge in [-0.15, -0.1) is 0 Å². The highest BCUT2D eigenvalue weighted by molar-refractivity contribution is 9.10. The Bertz CT molecular complexity index is 937. The molecule has 0 fully saturated rings. The largest absolute Gasteiger partial charge is 0.360 e. The number of nitro groups is 1. The van der Waals surface area contributed by atoms with E-state index >= 15 is 0 Å². The van der Waals surface area contributed by atoms with Crippen LogP contribution in [0.4, 0.5) is 27.4 Å². The lowest BCUT2D eigenvalue weighted by Gasteiger charge is -2.10. The number of hydrogen-bond donors (Lipinski definition) is 2. The van der Waals surface area contributed by atoms with Crippen molar-refractivity contribution in [3.8, 4) is 0 Å². The van der Waals surface area contributed by atoms with E-state index in [2.05, 4.69) is 36.5 Å². The molecule has 9 heteroatoms. The second-order valence-electron chi connectivity index (χ2n) is 5.29. The Morgan fingerprint density at radius 2 is 1.85 bits per heavy atom. The molecule has 26 heavy (non-hydrogen) atoms. The van der Waals surface area contributed by atoms with Crippen molar-refractivity contribution in [1.29, 1.82) is 0 Å². The second-order valence-corrected chi connectivity index (χ2v) is 6.21. The van der Waals surface area contributed by atoms with Crippen molar-refractivity contribution >= 4 is 38.9 Å². The molecule has 0 aliphatic rings. The predicted molar refractivity (Wildman–Crippen MR) is 99.8 cm³/mol. The molecular weight excluding hydrogens is 405 g/mol. The van der Waals surface area contributed by atoms with E-state index in [1.54, 1.807) is 30.3 Å². The number of aromatic nitrogens is 2. The van der Waals surface area contributed by atoms with Crippen LogP contribution in [0.5, 0.6) is 0 Å². The average Bonchev–Trinajstić information content (AvgIpc) is 2.61. The number of nitrogens with one attached hydrogen (secondary N) is 2. The van der Waals surface area contributed by atoms with E-state index in [1.807, 2.05) is 6.07 Å². The average molecular weight is 418 g/mol. The molecule has 1 heterocycles. The molecule has 0 amide bonds. The van der Waals surface area contributed by atoms with Gasteiger partial charge in [-0.3, -0.25) is 10.1 Å². The van der Waals surface area contributed by atoms with Gasteiger partial charge in [0.15, 0.2) is 0 Å². The first-order chi connectivity index (χ1) is 12.5. The van der Waals surface area contributed by atoms with Gasteiger partial charge in [0.05, 0.1) is 4.92 Å².